The van der Waals surface area contributed by atoms with E-state index < -0.39 is 34.9 Å². The second-order valence-electron chi connectivity index (χ2n) is 9.49. The number of methoxy groups -OCH3 is 1. The van der Waals surface area contributed by atoms with Crippen LogP contribution in [0.25, 0.3) is 0 Å². The first-order valence-corrected chi connectivity index (χ1v) is 12.2. The number of likely N-dealkylation sites (tertiary alicyclic amines) is 1. The van der Waals surface area contributed by atoms with Gasteiger partial charge in [-0.1, -0.05) is 24.6 Å². The fraction of sp³-hybridized carbons (Fsp3) is 0.444. The highest BCUT2D eigenvalue weighted by Crippen LogP contribution is 2.49. The van der Waals surface area contributed by atoms with Crippen LogP contribution in [-0.2, 0) is 38.4 Å². The quantitative estimate of drug-likeness (QED) is 0.523. The highest BCUT2D eigenvalue weighted by Gasteiger charge is 2.54. The van der Waals surface area contributed by atoms with Gasteiger partial charge in [-0.15, -0.1) is 0 Å². The predicted molar refractivity (Wildman–Crippen MR) is 126 cm³/mol. The van der Waals surface area contributed by atoms with Gasteiger partial charge in [0.05, 0.1) is 25.5 Å². The number of halogens is 3. The highest BCUT2D eigenvalue weighted by atomic mass is 19.4. The Morgan fingerprint density at radius 3 is 2.73 bits per heavy atom. The first kappa shape index (κ1) is 26.5. The Labute approximate surface area is 212 Å². The first-order valence-electron chi connectivity index (χ1n) is 12.2. The van der Waals surface area contributed by atoms with E-state index in [9.17, 15) is 27.6 Å². The molecule has 2 atom stereocenters. The van der Waals surface area contributed by atoms with Gasteiger partial charge in [-0.25, -0.2) is 0 Å². The molecule has 1 saturated heterocycles. The van der Waals surface area contributed by atoms with E-state index in [2.05, 4.69) is 5.32 Å². The zero-order chi connectivity index (χ0) is 26.6. The summed E-state index contributed by atoms with van der Waals surface area (Å²) in [5, 5.41) is 2.62. The van der Waals surface area contributed by atoms with Crippen molar-refractivity contribution >= 4 is 17.8 Å². The Morgan fingerprint density at radius 2 is 2.03 bits per heavy atom. The van der Waals surface area contributed by atoms with Crippen molar-refractivity contribution in [3.63, 3.8) is 0 Å². The zero-order valence-corrected chi connectivity index (χ0v) is 20.5. The number of hydrogen-bond acceptors (Lipinski definition) is 5. The molecule has 2 aromatic rings. The van der Waals surface area contributed by atoms with Crippen LogP contribution in [0.2, 0.25) is 0 Å². The van der Waals surface area contributed by atoms with Crippen LogP contribution in [0, 0.1) is 11.3 Å². The van der Waals surface area contributed by atoms with Crippen LogP contribution in [0.1, 0.15) is 55.4 Å². The van der Waals surface area contributed by atoms with Crippen LogP contribution >= 0.6 is 0 Å². The molecule has 2 aliphatic rings. The van der Waals surface area contributed by atoms with Crippen molar-refractivity contribution < 1.29 is 36.7 Å². The molecular weight excluding hydrogens is 489 g/mol. The Kier molecular flexibility index (Phi) is 7.75. The van der Waals surface area contributed by atoms with Crippen molar-refractivity contribution in [1.29, 1.82) is 0 Å². The van der Waals surface area contributed by atoms with Crippen molar-refractivity contribution in [1.82, 2.24) is 10.2 Å². The maximum absolute atomic E-state index is 13.6. The van der Waals surface area contributed by atoms with Gasteiger partial charge in [0.1, 0.15) is 11.2 Å². The summed E-state index contributed by atoms with van der Waals surface area (Å²) in [5.74, 6) is -1.53. The number of furan rings is 1. The Balaban J connectivity index is 1.55. The number of piperidine rings is 1. The Morgan fingerprint density at radius 1 is 1.22 bits per heavy atom. The number of nitrogens with one attached hydrogen (secondary N) is 1. The number of esters is 1. The van der Waals surface area contributed by atoms with Gasteiger partial charge in [-0.05, 0) is 55.5 Å². The van der Waals surface area contributed by atoms with E-state index in [0.717, 1.165) is 25.0 Å². The van der Waals surface area contributed by atoms with Crippen molar-refractivity contribution in [3.05, 3.63) is 71.3 Å². The summed E-state index contributed by atoms with van der Waals surface area (Å²) in [5.41, 5.74) is -1.00. The highest BCUT2D eigenvalue weighted by molar-refractivity contribution is 5.92. The molecule has 37 heavy (non-hydrogen) atoms. The van der Waals surface area contributed by atoms with E-state index in [4.69, 9.17) is 9.15 Å². The van der Waals surface area contributed by atoms with E-state index in [1.54, 1.807) is 12.1 Å². The molecule has 1 aliphatic carbocycles. The van der Waals surface area contributed by atoms with Crippen molar-refractivity contribution in [2.24, 2.45) is 11.3 Å². The van der Waals surface area contributed by atoms with Gasteiger partial charge in [-0.3, -0.25) is 14.4 Å². The zero-order valence-electron chi connectivity index (χ0n) is 20.5. The molecule has 0 bridgehead atoms. The number of allylic oxidation sites excluding steroid dienone is 1. The maximum atomic E-state index is 13.6. The number of fused-ring (bicyclic) bond motifs is 1. The minimum Gasteiger partial charge on any atom is -0.468 e. The number of nitrogens with zero attached hydrogens (tertiary/aromatic N) is 1. The SMILES string of the molecule is COC(=O)[C@]12CCCCC=C1N(Cc1ccco1)C(=O)[C@H](CC(=O)NCc1cccc(C(F)(F)F)c1)C2. The molecule has 1 fully saturated rings. The summed E-state index contributed by atoms with van der Waals surface area (Å²) < 4.78 is 49.7. The number of amides is 2. The van der Waals surface area contributed by atoms with Gasteiger partial charge in [0.25, 0.3) is 0 Å². The van der Waals surface area contributed by atoms with Gasteiger partial charge in [0.2, 0.25) is 11.8 Å². The van der Waals surface area contributed by atoms with Crippen LogP contribution in [-0.4, -0.2) is 29.8 Å². The molecule has 0 unspecified atom stereocenters. The molecule has 198 valence electrons. The summed E-state index contributed by atoms with van der Waals surface area (Å²) in [6.07, 6.45) is 1.63. The van der Waals surface area contributed by atoms with Crippen LogP contribution in [0.4, 0.5) is 13.2 Å². The number of benzene rings is 1. The largest absolute Gasteiger partial charge is 0.468 e. The normalized spacial score (nSPS) is 22.1. The van der Waals surface area contributed by atoms with E-state index in [1.807, 2.05) is 6.08 Å². The molecule has 0 saturated carbocycles. The lowest BCUT2D eigenvalue weighted by atomic mass is 9.69. The third-order valence-corrected chi connectivity index (χ3v) is 7.03. The summed E-state index contributed by atoms with van der Waals surface area (Å²) in [6.45, 7) is -0.00810. The van der Waals surface area contributed by atoms with E-state index in [1.165, 1.54) is 30.4 Å². The van der Waals surface area contributed by atoms with Crippen LogP contribution in [0.5, 0.6) is 0 Å². The molecule has 1 aliphatic heterocycles. The fourth-order valence-corrected chi connectivity index (χ4v) is 5.28. The molecule has 0 spiro atoms. The first-order chi connectivity index (χ1) is 17.6. The minimum atomic E-state index is -4.49. The number of alkyl halides is 3. The molecule has 10 heteroatoms. The molecule has 1 N–H and O–H groups in total. The topological polar surface area (TPSA) is 88.8 Å². The van der Waals surface area contributed by atoms with Crippen LogP contribution in [0.3, 0.4) is 0 Å². The van der Waals surface area contributed by atoms with Gasteiger partial charge in [0, 0.05) is 24.6 Å². The second kappa shape index (κ2) is 10.8. The fourth-order valence-electron chi connectivity index (χ4n) is 5.28. The molecule has 7 nitrogen and oxygen atoms in total. The van der Waals surface area contributed by atoms with Gasteiger partial charge in [-0.2, -0.15) is 13.2 Å². The van der Waals surface area contributed by atoms with Gasteiger partial charge >= 0.3 is 12.1 Å². The number of rotatable bonds is 7. The smallest absolute Gasteiger partial charge is 0.416 e. The average Bonchev–Trinajstić information content (AvgIpc) is 3.29. The molecule has 4 rings (SSSR count). The molecule has 1 aromatic heterocycles. The third kappa shape index (κ3) is 5.73. The summed E-state index contributed by atoms with van der Waals surface area (Å²) >= 11 is 0. The lowest BCUT2D eigenvalue weighted by Gasteiger charge is -2.45. The summed E-state index contributed by atoms with van der Waals surface area (Å²) in [7, 11) is 1.31. The lowest BCUT2D eigenvalue weighted by Crippen LogP contribution is -2.53. The lowest BCUT2D eigenvalue weighted by molar-refractivity contribution is -0.160. The van der Waals surface area contributed by atoms with Crippen molar-refractivity contribution in [2.45, 2.75) is 57.8 Å². The third-order valence-electron chi connectivity index (χ3n) is 7.03. The van der Waals surface area contributed by atoms with Crippen LogP contribution < -0.4 is 5.32 Å². The molecule has 1 aromatic carbocycles. The second-order valence-corrected chi connectivity index (χ2v) is 9.49. The van der Waals surface area contributed by atoms with Crippen molar-refractivity contribution in [2.75, 3.05) is 7.11 Å². The Hall–Kier alpha value is -3.56. The number of ether oxygens (including phenoxy) is 1. The van der Waals surface area contributed by atoms with E-state index in [-0.39, 0.29) is 37.4 Å². The summed E-state index contributed by atoms with van der Waals surface area (Å²) in [6, 6.07) is 8.14. The number of carbonyl (C=O) groups is 3. The molecule has 0 radical (unpaired) electrons. The summed E-state index contributed by atoms with van der Waals surface area (Å²) in [4.78, 5) is 41.2. The standard InChI is InChI=1S/C27H29F3N2O5/c1-36-25(35)26-11-4-2-3-10-22(26)32(17-21-9-6-12-37-21)24(34)19(15-26)14-23(33)31-16-18-7-5-8-20(13-18)27(28,29)30/h5-10,12-13,19H,2-4,11,14-17H2,1H3,(H,31,33)/t19-,26+/m1/s1. The van der Waals surface area contributed by atoms with Crippen molar-refractivity contribution in [3.8, 4) is 0 Å². The molecule has 2 amide bonds. The van der Waals surface area contributed by atoms with E-state index in [0.29, 0.717) is 24.3 Å². The maximum Gasteiger partial charge on any atom is 0.416 e. The van der Waals surface area contributed by atoms with Crippen LogP contribution in [0.15, 0.2) is 58.9 Å². The number of hydrogen-bond donors (Lipinski definition) is 1. The predicted octanol–water partition coefficient (Wildman–Crippen LogP) is 4.97. The van der Waals surface area contributed by atoms with Gasteiger partial charge < -0.3 is 19.4 Å². The molecule has 2 heterocycles. The monoisotopic (exact) mass is 518 g/mol. The van der Waals surface area contributed by atoms with Gasteiger partial charge in [0.15, 0.2) is 0 Å². The number of carbonyl (C=O) groups excluding carboxylic acids is 3. The minimum absolute atomic E-state index is 0.110. The Bertz CT molecular complexity index is 1170. The molecular formula is C27H29F3N2O5. The van der Waals surface area contributed by atoms with E-state index >= 15 is 0 Å². The average molecular weight is 519 g/mol.